The van der Waals surface area contributed by atoms with Gasteiger partial charge in [0.05, 0.1) is 6.61 Å². The lowest BCUT2D eigenvalue weighted by molar-refractivity contribution is -0.0430. The van der Waals surface area contributed by atoms with Crippen molar-refractivity contribution in [3.8, 4) is 0 Å². The lowest BCUT2D eigenvalue weighted by Gasteiger charge is -2.03. The van der Waals surface area contributed by atoms with E-state index in [0.29, 0.717) is 6.61 Å². The van der Waals surface area contributed by atoms with Crippen LogP contribution in [0.25, 0.3) is 0 Å². The lowest BCUT2D eigenvalue weighted by atomic mass is 10.7. The minimum absolute atomic E-state index is 0.569. The van der Waals surface area contributed by atoms with Crippen LogP contribution in [0.1, 0.15) is 13.8 Å². The van der Waals surface area contributed by atoms with Crippen molar-refractivity contribution in [1.82, 2.24) is 5.48 Å². The van der Waals surface area contributed by atoms with Crippen molar-refractivity contribution in [1.29, 1.82) is 0 Å². The number of hydroxylamine groups is 1. The van der Waals surface area contributed by atoms with Crippen LogP contribution in [-0.2, 0) is 4.84 Å². The van der Waals surface area contributed by atoms with E-state index in [4.69, 9.17) is 5.11 Å². The van der Waals surface area contributed by atoms with E-state index in [-0.39, 0.29) is 0 Å². The van der Waals surface area contributed by atoms with Gasteiger partial charge in [-0.3, -0.25) is 4.84 Å². The van der Waals surface area contributed by atoms with Crippen molar-refractivity contribution < 1.29 is 9.94 Å². The number of aliphatic hydroxyl groups excluding tert-OH is 1. The highest BCUT2D eigenvalue weighted by Gasteiger charge is 1.87. The maximum absolute atomic E-state index is 8.45. The molecule has 0 rings (SSSR count). The molecule has 0 spiro atoms. The SMILES string of the molecule is CCONC(C)O. The molecule has 3 heteroatoms. The van der Waals surface area contributed by atoms with E-state index in [1.807, 2.05) is 6.92 Å². The molecular formula is C4H11NO2. The number of nitrogens with one attached hydrogen (secondary N) is 1. The monoisotopic (exact) mass is 105 g/mol. The van der Waals surface area contributed by atoms with Gasteiger partial charge in [-0.1, -0.05) is 0 Å². The average molecular weight is 105 g/mol. The summed E-state index contributed by atoms with van der Waals surface area (Å²) in [4.78, 5) is 4.59. The van der Waals surface area contributed by atoms with Crippen LogP contribution in [0.4, 0.5) is 0 Å². The smallest absolute Gasteiger partial charge is 0.124 e. The zero-order valence-electron chi connectivity index (χ0n) is 4.64. The standard InChI is InChI=1S/C4H11NO2/c1-3-7-5-4(2)6/h4-6H,3H2,1-2H3. The van der Waals surface area contributed by atoms with Gasteiger partial charge >= 0.3 is 0 Å². The summed E-state index contributed by atoms with van der Waals surface area (Å²) < 4.78 is 0. The molecule has 3 nitrogen and oxygen atoms in total. The van der Waals surface area contributed by atoms with Crippen LogP contribution in [0.2, 0.25) is 0 Å². The molecule has 0 aromatic heterocycles. The zero-order chi connectivity index (χ0) is 5.70. The Morgan fingerprint density at radius 3 is 2.57 bits per heavy atom. The van der Waals surface area contributed by atoms with Crippen LogP contribution in [0.3, 0.4) is 0 Å². The summed E-state index contributed by atoms with van der Waals surface area (Å²) in [5.74, 6) is 0. The van der Waals surface area contributed by atoms with Gasteiger partial charge in [-0.15, -0.1) is 0 Å². The molecule has 0 aliphatic carbocycles. The molecule has 1 unspecified atom stereocenters. The molecule has 2 N–H and O–H groups in total. The summed E-state index contributed by atoms with van der Waals surface area (Å²) in [6.07, 6.45) is -0.569. The first-order chi connectivity index (χ1) is 3.27. The van der Waals surface area contributed by atoms with Gasteiger partial charge in [-0.05, 0) is 13.8 Å². The van der Waals surface area contributed by atoms with Gasteiger partial charge in [0, 0.05) is 0 Å². The Hall–Kier alpha value is -0.120. The summed E-state index contributed by atoms with van der Waals surface area (Å²) in [6, 6.07) is 0. The highest BCUT2D eigenvalue weighted by Crippen LogP contribution is 1.69. The first kappa shape index (κ1) is 6.88. The predicted molar refractivity (Wildman–Crippen MR) is 26.4 cm³/mol. The number of hydrogen-bond acceptors (Lipinski definition) is 3. The normalized spacial score (nSPS) is 14.1. The van der Waals surface area contributed by atoms with E-state index in [0.717, 1.165) is 0 Å². The second-order valence-electron chi connectivity index (χ2n) is 1.23. The molecule has 1 atom stereocenters. The van der Waals surface area contributed by atoms with Gasteiger partial charge in [0.15, 0.2) is 0 Å². The Morgan fingerprint density at radius 2 is 2.43 bits per heavy atom. The molecule has 0 saturated heterocycles. The van der Waals surface area contributed by atoms with E-state index < -0.39 is 6.23 Å². The molecule has 0 saturated carbocycles. The summed E-state index contributed by atoms with van der Waals surface area (Å²) in [7, 11) is 0. The molecule has 0 aromatic carbocycles. The summed E-state index contributed by atoms with van der Waals surface area (Å²) in [5.41, 5.74) is 2.35. The Bertz CT molecular complexity index is 38.7. The van der Waals surface area contributed by atoms with Crippen molar-refractivity contribution >= 4 is 0 Å². The average Bonchev–Trinajstić information content (AvgIpc) is 1.61. The quantitative estimate of drug-likeness (QED) is 0.388. The maximum Gasteiger partial charge on any atom is 0.124 e. The third kappa shape index (κ3) is 5.88. The third-order valence-corrected chi connectivity index (χ3v) is 0.398. The third-order valence-electron chi connectivity index (χ3n) is 0.398. The van der Waals surface area contributed by atoms with Gasteiger partial charge in [-0.25, -0.2) is 0 Å². The lowest BCUT2D eigenvalue weighted by Crippen LogP contribution is -2.25. The van der Waals surface area contributed by atoms with Gasteiger partial charge in [-0.2, -0.15) is 5.48 Å². The summed E-state index contributed by atoms with van der Waals surface area (Å²) in [6.45, 7) is 4.01. The first-order valence-corrected chi connectivity index (χ1v) is 2.32. The Morgan fingerprint density at radius 1 is 1.86 bits per heavy atom. The van der Waals surface area contributed by atoms with Crippen molar-refractivity contribution in [2.45, 2.75) is 20.1 Å². The topological polar surface area (TPSA) is 41.5 Å². The largest absolute Gasteiger partial charge is 0.377 e. The van der Waals surface area contributed by atoms with Crippen LogP contribution in [-0.4, -0.2) is 17.9 Å². The highest BCUT2D eigenvalue weighted by atomic mass is 16.7. The highest BCUT2D eigenvalue weighted by molar-refractivity contribution is 4.24. The van der Waals surface area contributed by atoms with Gasteiger partial charge in [0.25, 0.3) is 0 Å². The fourth-order valence-electron chi connectivity index (χ4n) is 0.204. The molecule has 0 bridgehead atoms. The number of hydrogen-bond donors (Lipinski definition) is 2. The number of rotatable bonds is 3. The second-order valence-corrected chi connectivity index (χ2v) is 1.23. The first-order valence-electron chi connectivity index (χ1n) is 2.32. The van der Waals surface area contributed by atoms with Crippen LogP contribution in [0, 0.1) is 0 Å². The fourth-order valence-corrected chi connectivity index (χ4v) is 0.204. The van der Waals surface area contributed by atoms with Crippen molar-refractivity contribution in [3.63, 3.8) is 0 Å². The van der Waals surface area contributed by atoms with Crippen LogP contribution < -0.4 is 5.48 Å². The Balaban J connectivity index is 2.68. The molecule has 0 heterocycles. The van der Waals surface area contributed by atoms with Crippen LogP contribution >= 0.6 is 0 Å². The minimum Gasteiger partial charge on any atom is -0.377 e. The van der Waals surface area contributed by atoms with E-state index in [2.05, 4.69) is 10.3 Å². The fraction of sp³-hybridized carbons (Fsp3) is 1.00. The molecule has 0 fully saturated rings. The van der Waals surface area contributed by atoms with E-state index in [9.17, 15) is 0 Å². The van der Waals surface area contributed by atoms with Crippen molar-refractivity contribution in [3.05, 3.63) is 0 Å². The molecule has 0 aromatic rings. The molecule has 0 aliphatic rings. The number of aliphatic hydroxyl groups is 1. The summed E-state index contributed by atoms with van der Waals surface area (Å²) in [5, 5.41) is 8.45. The zero-order valence-corrected chi connectivity index (χ0v) is 4.64. The predicted octanol–water partition coefficient (Wildman–Crippen LogP) is -0.134. The molecule has 0 aliphatic heterocycles. The molecule has 44 valence electrons. The Labute approximate surface area is 43.2 Å². The second kappa shape index (κ2) is 4.05. The van der Waals surface area contributed by atoms with E-state index in [1.165, 1.54) is 0 Å². The van der Waals surface area contributed by atoms with Crippen molar-refractivity contribution in [2.24, 2.45) is 0 Å². The molecular weight excluding hydrogens is 94.0 g/mol. The van der Waals surface area contributed by atoms with Gasteiger partial charge < -0.3 is 5.11 Å². The molecule has 7 heavy (non-hydrogen) atoms. The Kier molecular flexibility index (Phi) is 3.98. The molecule has 0 radical (unpaired) electrons. The van der Waals surface area contributed by atoms with Crippen molar-refractivity contribution in [2.75, 3.05) is 6.61 Å². The van der Waals surface area contributed by atoms with E-state index >= 15 is 0 Å². The molecule has 0 amide bonds. The summed E-state index contributed by atoms with van der Waals surface area (Å²) >= 11 is 0. The van der Waals surface area contributed by atoms with Gasteiger partial charge in [0.2, 0.25) is 0 Å². The van der Waals surface area contributed by atoms with E-state index in [1.54, 1.807) is 6.92 Å². The van der Waals surface area contributed by atoms with Gasteiger partial charge in [0.1, 0.15) is 6.23 Å². The van der Waals surface area contributed by atoms with Crippen LogP contribution in [0.5, 0.6) is 0 Å². The van der Waals surface area contributed by atoms with Crippen LogP contribution in [0.15, 0.2) is 0 Å². The minimum atomic E-state index is -0.569. The maximum atomic E-state index is 8.45.